The number of urea groups is 1. The van der Waals surface area contributed by atoms with Gasteiger partial charge in [-0.25, -0.2) is 24.8 Å². The summed E-state index contributed by atoms with van der Waals surface area (Å²) >= 11 is 1.19. The van der Waals surface area contributed by atoms with E-state index in [1.54, 1.807) is 34.8 Å². The molecule has 0 unspecified atom stereocenters. The Bertz CT molecular complexity index is 1220. The van der Waals surface area contributed by atoms with Crippen molar-refractivity contribution in [3.8, 4) is 0 Å². The van der Waals surface area contributed by atoms with Gasteiger partial charge in [-0.1, -0.05) is 0 Å². The van der Waals surface area contributed by atoms with Crippen molar-refractivity contribution < 1.29 is 23.8 Å². The van der Waals surface area contributed by atoms with E-state index in [-0.39, 0.29) is 37.4 Å². The van der Waals surface area contributed by atoms with E-state index < -0.39 is 23.4 Å². The Hall–Kier alpha value is -2.90. The van der Waals surface area contributed by atoms with Crippen molar-refractivity contribution in [1.82, 2.24) is 19.6 Å². The monoisotopic (exact) mass is 511 g/mol. The summed E-state index contributed by atoms with van der Waals surface area (Å²) in [6, 6.07) is -1.15. The van der Waals surface area contributed by atoms with Crippen molar-refractivity contribution in [2.75, 3.05) is 20.8 Å². The summed E-state index contributed by atoms with van der Waals surface area (Å²) in [5.74, 6) is 0. The van der Waals surface area contributed by atoms with E-state index in [1.807, 2.05) is 0 Å². The van der Waals surface area contributed by atoms with Crippen LogP contribution in [0.2, 0.25) is 0 Å². The van der Waals surface area contributed by atoms with Crippen molar-refractivity contribution in [1.29, 1.82) is 0 Å². The Morgan fingerprint density at radius 3 is 2.43 bits per heavy atom. The topological polar surface area (TPSA) is 147 Å². The molecule has 3 N–H and O–H groups in total. The summed E-state index contributed by atoms with van der Waals surface area (Å²) < 4.78 is 18.5. The molecule has 1 aliphatic rings. The Morgan fingerprint density at radius 1 is 1.23 bits per heavy atom. The summed E-state index contributed by atoms with van der Waals surface area (Å²) in [7, 11) is 3.14. The summed E-state index contributed by atoms with van der Waals surface area (Å²) in [5, 5.41) is 1.31. The number of hydrogen-bond donors (Lipinski definition) is 2. The molecule has 0 aliphatic heterocycles. The number of ether oxygens (including phenoxy) is 3. The van der Waals surface area contributed by atoms with Gasteiger partial charge in [0.15, 0.2) is 0 Å². The highest BCUT2D eigenvalue weighted by molar-refractivity contribution is 7.18. The van der Waals surface area contributed by atoms with Crippen molar-refractivity contribution in [2.45, 2.75) is 71.4 Å². The second-order valence-corrected chi connectivity index (χ2v) is 10.5. The molecule has 1 fully saturated rings. The molecule has 2 aromatic heterocycles. The van der Waals surface area contributed by atoms with Crippen LogP contribution < -0.4 is 22.4 Å². The van der Waals surface area contributed by atoms with E-state index in [4.69, 9.17) is 19.9 Å². The maximum absolute atomic E-state index is 13.5. The van der Waals surface area contributed by atoms with Gasteiger partial charge in [-0.3, -0.25) is 13.9 Å². The van der Waals surface area contributed by atoms with Gasteiger partial charge in [-0.15, -0.1) is 11.3 Å². The van der Waals surface area contributed by atoms with Crippen molar-refractivity contribution >= 4 is 33.7 Å². The average Bonchev–Trinajstić information content (AvgIpc) is 3.03. The molecule has 0 aromatic carbocycles. The fraction of sp³-hybridized carbons (Fsp3) is 0.636. The SMILES string of the molecule is COCCn1c(=O)n([C@H]2C[C@@H](OC)C2)c(=O)c2c(C)c(CN(NC(=O)OC(C)(C)C)C(N)=O)sc21. The van der Waals surface area contributed by atoms with Gasteiger partial charge in [0.25, 0.3) is 5.56 Å². The lowest BCUT2D eigenvalue weighted by molar-refractivity contribution is 0.00357. The third-order valence-corrected chi connectivity index (χ3v) is 7.12. The highest BCUT2D eigenvalue weighted by Gasteiger charge is 2.34. The van der Waals surface area contributed by atoms with Crippen LogP contribution in [0.3, 0.4) is 0 Å². The Morgan fingerprint density at radius 2 is 1.89 bits per heavy atom. The molecule has 0 atom stereocenters. The largest absolute Gasteiger partial charge is 0.443 e. The molecule has 0 spiro atoms. The average molecular weight is 512 g/mol. The molecule has 0 saturated heterocycles. The minimum absolute atomic E-state index is 0.0107. The van der Waals surface area contributed by atoms with E-state index in [0.29, 0.717) is 33.5 Å². The van der Waals surface area contributed by atoms with Crippen LogP contribution in [0.25, 0.3) is 10.2 Å². The minimum atomic E-state index is -0.901. The molecule has 1 saturated carbocycles. The molecule has 2 heterocycles. The molecule has 12 nitrogen and oxygen atoms in total. The molecule has 0 bridgehead atoms. The number of primary amides is 1. The summed E-state index contributed by atoms with van der Waals surface area (Å²) in [5.41, 5.74) is 6.86. The maximum atomic E-state index is 13.5. The van der Waals surface area contributed by atoms with Gasteiger partial charge >= 0.3 is 17.8 Å². The van der Waals surface area contributed by atoms with Crippen molar-refractivity contribution in [3.05, 3.63) is 31.3 Å². The normalized spacial score (nSPS) is 17.8. The van der Waals surface area contributed by atoms with E-state index in [9.17, 15) is 19.2 Å². The molecule has 13 heteroatoms. The summed E-state index contributed by atoms with van der Waals surface area (Å²) in [4.78, 5) is 52.1. The zero-order chi connectivity index (χ0) is 26.1. The number of thiophene rings is 1. The lowest BCUT2D eigenvalue weighted by Gasteiger charge is -2.35. The van der Waals surface area contributed by atoms with E-state index in [2.05, 4.69) is 5.43 Å². The first kappa shape index (κ1) is 26.7. The lowest BCUT2D eigenvalue weighted by Crippen LogP contribution is -2.49. The van der Waals surface area contributed by atoms with Gasteiger partial charge in [0, 0.05) is 25.1 Å². The molecule has 194 valence electrons. The van der Waals surface area contributed by atoms with Crippen molar-refractivity contribution in [3.63, 3.8) is 0 Å². The number of rotatable bonds is 7. The second-order valence-electron chi connectivity index (χ2n) is 9.45. The molecule has 3 amide bonds. The first-order valence-corrected chi connectivity index (χ1v) is 12.0. The predicted molar refractivity (Wildman–Crippen MR) is 131 cm³/mol. The smallest absolute Gasteiger partial charge is 0.426 e. The van der Waals surface area contributed by atoms with E-state index in [1.165, 1.54) is 27.6 Å². The van der Waals surface area contributed by atoms with Gasteiger partial charge in [0.05, 0.1) is 31.2 Å². The predicted octanol–water partition coefficient (Wildman–Crippen LogP) is 1.85. The number of methoxy groups -OCH3 is 2. The Balaban J connectivity index is 2.04. The van der Waals surface area contributed by atoms with Crippen LogP contribution in [0.5, 0.6) is 0 Å². The number of fused-ring (bicyclic) bond motifs is 1. The number of aryl methyl sites for hydroxylation is 1. The minimum Gasteiger partial charge on any atom is -0.443 e. The van der Waals surface area contributed by atoms with Gasteiger partial charge in [0.2, 0.25) is 0 Å². The number of nitrogens with one attached hydrogen (secondary N) is 1. The van der Waals surface area contributed by atoms with Gasteiger partial charge in [-0.2, -0.15) is 0 Å². The van der Waals surface area contributed by atoms with Crippen LogP contribution in [-0.4, -0.2) is 58.8 Å². The standard InChI is InChI=1S/C22H33N5O7S/c1-12-15(11-26(19(23)29)24-20(30)34-22(2,3)4)35-18-16(12)17(28)27(13-9-14(10-13)33-6)21(31)25(18)7-8-32-5/h13-14H,7-11H2,1-6H3,(H2,23,29)(H,24,30)/t13-,14+. The van der Waals surface area contributed by atoms with Crippen LogP contribution in [0, 0.1) is 6.92 Å². The third-order valence-electron chi connectivity index (χ3n) is 5.82. The van der Waals surface area contributed by atoms with E-state index >= 15 is 0 Å². The van der Waals surface area contributed by atoms with Crippen LogP contribution in [-0.2, 0) is 27.3 Å². The summed E-state index contributed by atoms with van der Waals surface area (Å²) in [6.07, 6.45) is 0.322. The molecule has 35 heavy (non-hydrogen) atoms. The van der Waals surface area contributed by atoms with Crippen LogP contribution in [0.15, 0.2) is 9.59 Å². The number of hydrazine groups is 1. The van der Waals surface area contributed by atoms with Gasteiger partial charge < -0.3 is 19.9 Å². The van der Waals surface area contributed by atoms with Crippen molar-refractivity contribution in [2.24, 2.45) is 5.73 Å². The molecule has 3 rings (SSSR count). The highest BCUT2D eigenvalue weighted by atomic mass is 32.1. The first-order chi connectivity index (χ1) is 16.4. The molecular formula is C22H33N5O7S. The molecular weight excluding hydrogens is 478 g/mol. The summed E-state index contributed by atoms with van der Waals surface area (Å²) in [6.45, 7) is 7.25. The second kappa shape index (κ2) is 10.4. The number of amides is 3. The lowest BCUT2D eigenvalue weighted by atomic mass is 9.89. The number of carbonyl (C=O) groups is 2. The zero-order valence-electron chi connectivity index (χ0n) is 20.9. The van der Waals surface area contributed by atoms with E-state index in [0.717, 1.165) is 5.01 Å². The molecule has 1 aliphatic carbocycles. The first-order valence-electron chi connectivity index (χ1n) is 11.2. The number of aromatic nitrogens is 2. The third kappa shape index (κ3) is 5.68. The quantitative estimate of drug-likeness (QED) is 0.539. The zero-order valence-corrected chi connectivity index (χ0v) is 21.7. The Labute approximate surface area is 206 Å². The number of hydrogen-bond acceptors (Lipinski definition) is 8. The fourth-order valence-corrected chi connectivity index (χ4v) is 5.24. The number of nitrogens with zero attached hydrogens (tertiary/aromatic N) is 3. The number of carbonyl (C=O) groups excluding carboxylic acids is 2. The fourth-order valence-electron chi connectivity index (χ4n) is 3.93. The van der Waals surface area contributed by atoms with Crippen LogP contribution >= 0.6 is 11.3 Å². The molecule has 0 radical (unpaired) electrons. The maximum Gasteiger partial charge on any atom is 0.426 e. The van der Waals surface area contributed by atoms with Gasteiger partial charge in [0.1, 0.15) is 10.4 Å². The molecule has 2 aromatic rings. The highest BCUT2D eigenvalue weighted by Crippen LogP contribution is 2.34. The van der Waals surface area contributed by atoms with Crippen LogP contribution in [0.4, 0.5) is 9.59 Å². The van der Waals surface area contributed by atoms with Gasteiger partial charge in [-0.05, 0) is 46.1 Å². The van der Waals surface area contributed by atoms with Crippen LogP contribution in [0.1, 0.15) is 50.1 Å². The Kier molecular flexibility index (Phi) is 7.92. The number of nitrogens with two attached hydrogens (primary N) is 1.